The lowest BCUT2D eigenvalue weighted by atomic mass is 10.1. The number of halogens is 2. The van der Waals surface area contributed by atoms with Gasteiger partial charge < -0.3 is 19.2 Å². The molecular formula is C17H11F2N5O3. The van der Waals surface area contributed by atoms with Crippen LogP contribution in [0.3, 0.4) is 0 Å². The monoisotopic (exact) mass is 371 g/mol. The average molecular weight is 371 g/mol. The molecule has 0 radical (unpaired) electrons. The van der Waals surface area contributed by atoms with Crippen LogP contribution in [0.1, 0.15) is 5.56 Å². The number of aromatic nitrogens is 4. The van der Waals surface area contributed by atoms with Crippen LogP contribution < -0.4 is 14.8 Å². The number of rotatable bonds is 4. The Morgan fingerprint density at radius 3 is 2.78 bits per heavy atom. The number of fused-ring (bicyclic) bond motifs is 2. The first kappa shape index (κ1) is 15.6. The van der Waals surface area contributed by atoms with Gasteiger partial charge in [0.2, 0.25) is 5.82 Å². The molecule has 0 amide bonds. The lowest BCUT2D eigenvalue weighted by Crippen LogP contribution is -2.25. The van der Waals surface area contributed by atoms with Gasteiger partial charge in [0.15, 0.2) is 17.3 Å². The first-order chi connectivity index (χ1) is 13.1. The lowest BCUT2D eigenvalue weighted by Gasteiger charge is -2.07. The summed E-state index contributed by atoms with van der Waals surface area (Å²) >= 11 is 0. The Kier molecular flexibility index (Phi) is 3.26. The number of ether oxygens (including phenoxy) is 2. The highest BCUT2D eigenvalue weighted by Crippen LogP contribution is 2.42. The van der Waals surface area contributed by atoms with Crippen LogP contribution in [0.15, 0.2) is 46.9 Å². The molecule has 0 unspecified atom stereocenters. The van der Waals surface area contributed by atoms with Crippen LogP contribution in [0.4, 0.5) is 14.5 Å². The standard InChI is InChI=1S/C17H11F2N5O3/c18-17(19)26-13-4-2-11(7-14(13)27-17)20-8-9-1-3-12-10(5-9)6-15(25-12)16-21-23-24-22-16/h1-7,20H,8H2,(H,21,22,23,24). The Bertz CT molecular complexity index is 1130. The van der Waals surface area contributed by atoms with E-state index in [0.717, 1.165) is 10.9 Å². The minimum atomic E-state index is -3.62. The SMILES string of the molecule is FC1(F)Oc2ccc(NCc3ccc4oc(-c5nn[nH]n5)cc4c3)cc2O1. The van der Waals surface area contributed by atoms with E-state index in [1.807, 2.05) is 24.3 Å². The van der Waals surface area contributed by atoms with E-state index in [1.54, 1.807) is 6.07 Å². The molecular weight excluding hydrogens is 360 g/mol. The normalized spacial score (nSPS) is 14.6. The van der Waals surface area contributed by atoms with Gasteiger partial charge in [0.05, 0.1) is 0 Å². The third-order valence-electron chi connectivity index (χ3n) is 4.04. The molecule has 0 atom stereocenters. The molecule has 4 aromatic rings. The van der Waals surface area contributed by atoms with Crippen molar-refractivity contribution >= 4 is 16.7 Å². The molecule has 0 bridgehead atoms. The Morgan fingerprint density at radius 2 is 1.93 bits per heavy atom. The number of nitrogens with zero attached hydrogens (tertiary/aromatic N) is 3. The maximum absolute atomic E-state index is 13.1. The molecule has 2 aromatic heterocycles. The molecule has 0 saturated heterocycles. The van der Waals surface area contributed by atoms with Gasteiger partial charge in [0, 0.05) is 23.7 Å². The fraction of sp³-hybridized carbons (Fsp3) is 0.118. The number of hydrogen-bond donors (Lipinski definition) is 2. The van der Waals surface area contributed by atoms with Crippen LogP contribution in [0.5, 0.6) is 11.5 Å². The van der Waals surface area contributed by atoms with Gasteiger partial charge in [0.1, 0.15) is 5.58 Å². The fourth-order valence-corrected chi connectivity index (χ4v) is 2.84. The molecule has 8 nitrogen and oxygen atoms in total. The van der Waals surface area contributed by atoms with Gasteiger partial charge in [-0.3, -0.25) is 0 Å². The quantitative estimate of drug-likeness (QED) is 0.566. The molecule has 0 spiro atoms. The van der Waals surface area contributed by atoms with Crippen molar-refractivity contribution in [1.29, 1.82) is 0 Å². The number of alkyl halides is 2. The number of tetrazole rings is 1. The second-order valence-electron chi connectivity index (χ2n) is 5.90. The van der Waals surface area contributed by atoms with Crippen LogP contribution in [-0.2, 0) is 6.54 Å². The molecule has 27 heavy (non-hydrogen) atoms. The third kappa shape index (κ3) is 2.90. The zero-order chi connectivity index (χ0) is 18.4. The van der Waals surface area contributed by atoms with Crippen LogP contribution in [0, 0.1) is 0 Å². The summed E-state index contributed by atoms with van der Waals surface area (Å²) in [5.41, 5.74) is 2.31. The van der Waals surface area contributed by atoms with Crippen LogP contribution in [-0.4, -0.2) is 26.9 Å². The molecule has 3 heterocycles. The fourth-order valence-electron chi connectivity index (χ4n) is 2.84. The van der Waals surface area contributed by atoms with E-state index in [9.17, 15) is 8.78 Å². The van der Waals surface area contributed by atoms with E-state index >= 15 is 0 Å². The molecule has 1 aliphatic rings. The minimum absolute atomic E-state index is 0.0000375. The smallest absolute Gasteiger partial charge is 0.453 e. The predicted octanol–water partition coefficient (Wildman–Crippen LogP) is 3.55. The summed E-state index contributed by atoms with van der Waals surface area (Å²) in [5.74, 6) is 0.906. The maximum atomic E-state index is 13.1. The molecule has 1 aliphatic heterocycles. The summed E-state index contributed by atoms with van der Waals surface area (Å²) in [5, 5.41) is 17.7. The van der Waals surface area contributed by atoms with Crippen molar-refractivity contribution < 1.29 is 22.7 Å². The number of aromatic amines is 1. The van der Waals surface area contributed by atoms with Gasteiger partial charge in [-0.15, -0.1) is 19.0 Å². The number of anilines is 1. The third-order valence-corrected chi connectivity index (χ3v) is 4.04. The molecule has 136 valence electrons. The van der Waals surface area contributed by atoms with Gasteiger partial charge in [-0.25, -0.2) is 0 Å². The number of benzene rings is 2. The van der Waals surface area contributed by atoms with Gasteiger partial charge >= 0.3 is 6.29 Å². The Morgan fingerprint density at radius 1 is 1.04 bits per heavy atom. The molecule has 0 fully saturated rings. The average Bonchev–Trinajstić information content (AvgIpc) is 3.35. The van der Waals surface area contributed by atoms with Crippen LogP contribution in [0.25, 0.3) is 22.6 Å². The topological polar surface area (TPSA) is 98.1 Å². The Labute approximate surface area is 150 Å². The molecule has 2 N–H and O–H groups in total. The zero-order valence-corrected chi connectivity index (χ0v) is 13.6. The van der Waals surface area contributed by atoms with Gasteiger partial charge in [0.25, 0.3) is 0 Å². The zero-order valence-electron chi connectivity index (χ0n) is 13.6. The Hall–Kier alpha value is -3.69. The molecule has 10 heteroatoms. The number of H-pyrrole nitrogens is 1. The summed E-state index contributed by atoms with van der Waals surface area (Å²) in [6.45, 7) is 0.481. The Balaban J connectivity index is 1.33. The minimum Gasteiger partial charge on any atom is -0.453 e. The van der Waals surface area contributed by atoms with Crippen molar-refractivity contribution in [1.82, 2.24) is 20.6 Å². The van der Waals surface area contributed by atoms with E-state index < -0.39 is 6.29 Å². The van der Waals surface area contributed by atoms with Gasteiger partial charge in [-0.1, -0.05) is 6.07 Å². The van der Waals surface area contributed by atoms with Crippen molar-refractivity contribution in [2.45, 2.75) is 12.8 Å². The van der Waals surface area contributed by atoms with E-state index in [4.69, 9.17) is 4.42 Å². The highest BCUT2D eigenvalue weighted by Gasteiger charge is 2.43. The maximum Gasteiger partial charge on any atom is 0.586 e. The number of nitrogens with one attached hydrogen (secondary N) is 2. The van der Waals surface area contributed by atoms with E-state index in [0.29, 0.717) is 29.4 Å². The first-order valence-electron chi connectivity index (χ1n) is 7.96. The summed E-state index contributed by atoms with van der Waals surface area (Å²) < 4.78 is 40.7. The summed E-state index contributed by atoms with van der Waals surface area (Å²) in [6.07, 6.45) is -3.62. The molecule has 0 aliphatic carbocycles. The number of furan rings is 1. The predicted molar refractivity (Wildman–Crippen MR) is 89.4 cm³/mol. The second-order valence-corrected chi connectivity index (χ2v) is 5.90. The largest absolute Gasteiger partial charge is 0.586 e. The highest BCUT2D eigenvalue weighted by atomic mass is 19.3. The van der Waals surface area contributed by atoms with E-state index in [-0.39, 0.29) is 11.5 Å². The van der Waals surface area contributed by atoms with E-state index in [2.05, 4.69) is 35.4 Å². The molecule has 5 rings (SSSR count). The van der Waals surface area contributed by atoms with Crippen LogP contribution >= 0.6 is 0 Å². The van der Waals surface area contributed by atoms with Crippen molar-refractivity contribution in [3.63, 3.8) is 0 Å². The molecule has 2 aromatic carbocycles. The van der Waals surface area contributed by atoms with Crippen molar-refractivity contribution in [2.24, 2.45) is 0 Å². The first-order valence-corrected chi connectivity index (χ1v) is 7.96. The molecule has 0 saturated carbocycles. The lowest BCUT2D eigenvalue weighted by molar-refractivity contribution is -0.286. The van der Waals surface area contributed by atoms with Crippen molar-refractivity contribution in [3.8, 4) is 23.1 Å². The summed E-state index contributed by atoms with van der Waals surface area (Å²) in [7, 11) is 0. The highest BCUT2D eigenvalue weighted by molar-refractivity contribution is 5.82. The second kappa shape index (κ2) is 5.66. The van der Waals surface area contributed by atoms with Crippen molar-refractivity contribution in [3.05, 3.63) is 48.0 Å². The van der Waals surface area contributed by atoms with Gasteiger partial charge in [-0.05, 0) is 41.1 Å². The van der Waals surface area contributed by atoms with Crippen LogP contribution in [0.2, 0.25) is 0 Å². The number of hydrogen-bond acceptors (Lipinski definition) is 7. The van der Waals surface area contributed by atoms with E-state index in [1.165, 1.54) is 12.1 Å². The van der Waals surface area contributed by atoms with Gasteiger partial charge in [-0.2, -0.15) is 5.21 Å². The summed E-state index contributed by atoms with van der Waals surface area (Å²) in [4.78, 5) is 0. The summed E-state index contributed by atoms with van der Waals surface area (Å²) in [6, 6.07) is 12.1. The van der Waals surface area contributed by atoms with Crippen molar-refractivity contribution in [2.75, 3.05) is 5.32 Å².